The summed E-state index contributed by atoms with van der Waals surface area (Å²) in [5, 5.41) is 3.62. The summed E-state index contributed by atoms with van der Waals surface area (Å²) in [6.07, 6.45) is 0. The van der Waals surface area contributed by atoms with Crippen LogP contribution in [0.1, 0.15) is 5.56 Å². The van der Waals surface area contributed by atoms with Crippen LogP contribution in [0.3, 0.4) is 0 Å². The van der Waals surface area contributed by atoms with Gasteiger partial charge in [0.25, 0.3) is 5.91 Å². The number of hydrogen-bond acceptors (Lipinski definition) is 6. The molecule has 0 unspecified atom stereocenters. The number of carbonyl (C=O) groups is 1. The second kappa shape index (κ2) is 9.89. The number of anilines is 1. The van der Waals surface area contributed by atoms with Crippen molar-refractivity contribution in [3.8, 4) is 28.6 Å². The van der Waals surface area contributed by atoms with Crippen molar-refractivity contribution >= 4 is 34.2 Å². The number of rotatable bonds is 7. The lowest BCUT2D eigenvalue weighted by Gasteiger charge is -2.14. The fourth-order valence-electron chi connectivity index (χ4n) is 3.43. The Kier molecular flexibility index (Phi) is 6.75. The molecule has 8 heteroatoms. The van der Waals surface area contributed by atoms with E-state index in [9.17, 15) is 9.59 Å². The van der Waals surface area contributed by atoms with Crippen LogP contribution in [0.4, 0.5) is 5.69 Å². The number of benzene rings is 3. The molecule has 0 bridgehead atoms. The van der Waals surface area contributed by atoms with Crippen LogP contribution in [0.15, 0.2) is 69.9 Å². The maximum Gasteiger partial charge on any atom is 0.262 e. The first kappa shape index (κ1) is 23.2. The minimum absolute atomic E-state index is 0.0597. The van der Waals surface area contributed by atoms with Gasteiger partial charge >= 0.3 is 0 Å². The van der Waals surface area contributed by atoms with Crippen LogP contribution in [0.2, 0.25) is 5.02 Å². The summed E-state index contributed by atoms with van der Waals surface area (Å²) >= 11 is 6.01. The lowest BCUT2D eigenvalue weighted by Crippen LogP contribution is -2.23. The van der Waals surface area contributed by atoms with E-state index in [0.29, 0.717) is 38.7 Å². The Labute approximate surface area is 200 Å². The largest absolute Gasteiger partial charge is 0.497 e. The summed E-state index contributed by atoms with van der Waals surface area (Å²) in [5.41, 5.74) is 2.03. The van der Waals surface area contributed by atoms with Crippen molar-refractivity contribution in [2.75, 3.05) is 26.1 Å². The number of aryl methyl sites for hydroxylation is 1. The molecule has 1 aromatic heterocycles. The normalized spacial score (nSPS) is 10.7. The maximum atomic E-state index is 13.3. The van der Waals surface area contributed by atoms with E-state index in [0.717, 1.165) is 5.56 Å². The monoisotopic (exact) mass is 479 g/mol. The van der Waals surface area contributed by atoms with Gasteiger partial charge in [0.2, 0.25) is 11.2 Å². The number of carbonyl (C=O) groups excluding carboxylic acids is 1. The van der Waals surface area contributed by atoms with E-state index in [4.69, 9.17) is 30.2 Å². The molecule has 0 spiro atoms. The van der Waals surface area contributed by atoms with Crippen LogP contribution in [-0.2, 0) is 4.79 Å². The molecule has 1 amide bonds. The van der Waals surface area contributed by atoms with Gasteiger partial charge in [-0.1, -0.05) is 17.7 Å². The van der Waals surface area contributed by atoms with Gasteiger partial charge in [-0.25, -0.2) is 0 Å². The zero-order valence-corrected chi connectivity index (χ0v) is 19.6. The molecular weight excluding hydrogens is 458 g/mol. The molecule has 0 aliphatic rings. The fourth-order valence-corrected chi connectivity index (χ4v) is 3.56. The number of nitrogens with one attached hydrogen (secondary N) is 1. The van der Waals surface area contributed by atoms with Gasteiger partial charge in [0.15, 0.2) is 12.4 Å². The summed E-state index contributed by atoms with van der Waals surface area (Å²) in [4.78, 5) is 25.9. The van der Waals surface area contributed by atoms with E-state index in [1.165, 1.54) is 14.2 Å². The zero-order chi connectivity index (χ0) is 24.2. The van der Waals surface area contributed by atoms with Gasteiger partial charge in [0.05, 0.1) is 25.3 Å². The molecule has 3 aromatic carbocycles. The third-order valence-electron chi connectivity index (χ3n) is 5.14. The van der Waals surface area contributed by atoms with E-state index in [1.807, 2.05) is 13.0 Å². The van der Waals surface area contributed by atoms with Gasteiger partial charge in [-0.15, -0.1) is 0 Å². The van der Waals surface area contributed by atoms with Crippen LogP contribution >= 0.6 is 11.6 Å². The molecule has 0 aliphatic carbocycles. The quantitative estimate of drug-likeness (QED) is 0.379. The van der Waals surface area contributed by atoms with Gasteiger partial charge in [-0.05, 0) is 61.0 Å². The molecule has 4 rings (SSSR count). The van der Waals surface area contributed by atoms with E-state index in [1.54, 1.807) is 54.6 Å². The smallest absolute Gasteiger partial charge is 0.262 e. The summed E-state index contributed by atoms with van der Waals surface area (Å²) in [5.74, 6) is 0.692. The number of amides is 1. The Morgan fingerprint density at radius 2 is 1.76 bits per heavy atom. The topological polar surface area (TPSA) is 87.0 Å². The van der Waals surface area contributed by atoms with Crippen molar-refractivity contribution in [3.63, 3.8) is 0 Å². The van der Waals surface area contributed by atoms with Crippen molar-refractivity contribution in [3.05, 3.63) is 81.5 Å². The average molecular weight is 480 g/mol. The van der Waals surface area contributed by atoms with Crippen LogP contribution in [0.25, 0.3) is 22.3 Å². The lowest BCUT2D eigenvalue weighted by molar-refractivity contribution is -0.118. The molecule has 1 heterocycles. The second-order valence-electron chi connectivity index (χ2n) is 7.50. The predicted octanol–water partition coefficient (Wildman–Crippen LogP) is 5.46. The van der Waals surface area contributed by atoms with Crippen molar-refractivity contribution in [2.45, 2.75) is 6.92 Å². The standard InChI is InChI=1S/C26H22ClNO6/c1-15-4-10-19-21(12-15)34-25(16-5-7-17(27)8-6-16)26(24(19)30)33-14-23(29)28-20-11-9-18(31-2)13-22(20)32-3/h4-13H,14H2,1-3H3,(H,28,29). The van der Waals surface area contributed by atoms with Crippen molar-refractivity contribution in [1.29, 1.82) is 0 Å². The van der Waals surface area contributed by atoms with Gasteiger partial charge in [0, 0.05) is 16.7 Å². The first-order valence-electron chi connectivity index (χ1n) is 10.4. The summed E-state index contributed by atoms with van der Waals surface area (Å²) < 4.78 is 22.3. The highest BCUT2D eigenvalue weighted by Crippen LogP contribution is 2.32. The van der Waals surface area contributed by atoms with Crippen LogP contribution in [0, 0.1) is 6.92 Å². The molecule has 1 N–H and O–H groups in total. The Morgan fingerprint density at radius 1 is 1.00 bits per heavy atom. The van der Waals surface area contributed by atoms with Crippen LogP contribution < -0.4 is 25.0 Å². The van der Waals surface area contributed by atoms with Gasteiger partial charge in [0.1, 0.15) is 17.1 Å². The average Bonchev–Trinajstić information content (AvgIpc) is 2.84. The van der Waals surface area contributed by atoms with E-state index >= 15 is 0 Å². The predicted molar refractivity (Wildman–Crippen MR) is 131 cm³/mol. The Hall–Kier alpha value is -3.97. The Morgan fingerprint density at radius 3 is 2.47 bits per heavy atom. The van der Waals surface area contributed by atoms with Crippen molar-refractivity contribution < 1.29 is 23.4 Å². The van der Waals surface area contributed by atoms with Crippen LogP contribution in [0.5, 0.6) is 17.2 Å². The first-order valence-corrected chi connectivity index (χ1v) is 10.8. The fraction of sp³-hybridized carbons (Fsp3) is 0.154. The third-order valence-corrected chi connectivity index (χ3v) is 5.39. The van der Waals surface area contributed by atoms with E-state index in [-0.39, 0.29) is 16.9 Å². The molecule has 0 saturated carbocycles. The molecular formula is C26H22ClNO6. The number of fused-ring (bicyclic) bond motifs is 1. The number of ether oxygens (including phenoxy) is 3. The highest BCUT2D eigenvalue weighted by atomic mass is 35.5. The van der Waals surface area contributed by atoms with Gasteiger partial charge in [-0.2, -0.15) is 0 Å². The maximum absolute atomic E-state index is 13.3. The van der Waals surface area contributed by atoms with Crippen LogP contribution in [-0.4, -0.2) is 26.7 Å². The highest BCUT2D eigenvalue weighted by Gasteiger charge is 2.19. The summed E-state index contributed by atoms with van der Waals surface area (Å²) in [6.45, 7) is 1.49. The molecule has 34 heavy (non-hydrogen) atoms. The second-order valence-corrected chi connectivity index (χ2v) is 7.94. The van der Waals surface area contributed by atoms with Gasteiger partial charge < -0.3 is 23.9 Å². The molecule has 0 saturated heterocycles. The molecule has 0 fully saturated rings. The van der Waals surface area contributed by atoms with E-state index < -0.39 is 12.5 Å². The molecule has 7 nitrogen and oxygen atoms in total. The number of hydrogen-bond donors (Lipinski definition) is 1. The van der Waals surface area contributed by atoms with Crippen molar-refractivity contribution in [1.82, 2.24) is 0 Å². The van der Waals surface area contributed by atoms with Gasteiger partial charge in [-0.3, -0.25) is 9.59 Å². The minimum atomic E-state index is -0.478. The molecule has 0 aliphatic heterocycles. The zero-order valence-electron chi connectivity index (χ0n) is 18.8. The number of halogens is 1. The van der Waals surface area contributed by atoms with E-state index in [2.05, 4.69) is 5.32 Å². The highest BCUT2D eigenvalue weighted by molar-refractivity contribution is 6.30. The first-order chi connectivity index (χ1) is 16.4. The minimum Gasteiger partial charge on any atom is -0.497 e. The number of methoxy groups -OCH3 is 2. The van der Waals surface area contributed by atoms with Crippen molar-refractivity contribution in [2.24, 2.45) is 0 Å². The third kappa shape index (κ3) is 4.84. The molecule has 174 valence electrons. The molecule has 0 atom stereocenters. The Balaban J connectivity index is 1.66. The Bertz CT molecular complexity index is 1410. The lowest BCUT2D eigenvalue weighted by atomic mass is 10.1. The summed E-state index contributed by atoms with van der Waals surface area (Å²) in [7, 11) is 3.02. The molecule has 0 radical (unpaired) electrons. The summed E-state index contributed by atoms with van der Waals surface area (Å²) in [6, 6.07) is 17.1. The molecule has 4 aromatic rings. The SMILES string of the molecule is COc1ccc(NC(=O)COc2c(-c3ccc(Cl)cc3)oc3cc(C)ccc3c2=O)c(OC)c1.